The number of aromatic nitrogens is 1. The molecule has 0 saturated heterocycles. The maximum atomic E-state index is 7.13. The van der Waals surface area contributed by atoms with Gasteiger partial charge in [-0.25, -0.2) is 0 Å². The maximum Gasteiger partial charge on any atom is 2.00 e. The van der Waals surface area contributed by atoms with Gasteiger partial charge in [0.05, 0.1) is 0 Å². The fraction of sp³-hybridized carbons (Fsp3) is 0.125. The number of aryl methyl sites for hydroxylation is 1. The molecule has 0 spiro atoms. The van der Waals surface area contributed by atoms with Gasteiger partial charge in [-0.15, -0.1) is 0 Å². The summed E-state index contributed by atoms with van der Waals surface area (Å²) in [5.74, 6) is 0. The Labute approximate surface area is 107 Å². The zero-order chi connectivity index (χ0) is 10.5. The van der Waals surface area contributed by atoms with E-state index in [1.807, 2.05) is 25.1 Å². The van der Waals surface area contributed by atoms with Crippen molar-refractivity contribution in [3.05, 3.63) is 40.9 Å². The second kappa shape index (κ2) is 18.2. The van der Waals surface area contributed by atoms with Gasteiger partial charge in [0, 0.05) is 11.9 Å². The standard InChI is InChI=1S/C6H7N.2CNS.Zn/c1-6-4-2-3-5-7-6;2*2-1-3;/h2-5H,1H3;;;/q;2*-1;+2. The van der Waals surface area contributed by atoms with Gasteiger partial charge in [-0.3, -0.25) is 4.98 Å². The van der Waals surface area contributed by atoms with Crippen LogP contribution >= 0.6 is 24.4 Å². The first-order valence-electron chi connectivity index (χ1n) is 3.13. The maximum absolute atomic E-state index is 7.13. The summed E-state index contributed by atoms with van der Waals surface area (Å²) in [5.41, 5.74) is 1.07. The fourth-order valence-corrected chi connectivity index (χ4v) is 0.448. The van der Waals surface area contributed by atoms with E-state index in [9.17, 15) is 0 Å². The zero-order valence-electron chi connectivity index (χ0n) is 7.67. The molecule has 0 unspecified atom stereocenters. The van der Waals surface area contributed by atoms with Crippen molar-refractivity contribution in [2.45, 2.75) is 6.92 Å². The summed E-state index contributed by atoms with van der Waals surface area (Å²) in [7, 11) is 0. The summed E-state index contributed by atoms with van der Waals surface area (Å²) in [6, 6.07) is 5.86. The molecule has 1 rings (SSSR count). The Kier molecular flexibility index (Phi) is 24.8. The van der Waals surface area contributed by atoms with Crippen LogP contribution in [-0.2, 0) is 19.5 Å². The third kappa shape index (κ3) is 22.5. The Morgan fingerprint density at radius 2 is 1.64 bits per heavy atom. The summed E-state index contributed by atoms with van der Waals surface area (Å²) in [6.45, 7) is 1.97. The van der Waals surface area contributed by atoms with Gasteiger partial charge in [-0.05, 0) is 19.1 Å². The van der Waals surface area contributed by atoms with Crippen molar-refractivity contribution >= 4 is 34.8 Å². The van der Waals surface area contributed by atoms with Crippen molar-refractivity contribution in [1.29, 1.82) is 0 Å². The number of hydrogen-bond acceptors (Lipinski definition) is 3. The average Bonchev–Trinajstić information content (AvgIpc) is 2.08. The molecular weight excluding hydrogens is 268 g/mol. The normalized spacial score (nSPS) is 5.50. The van der Waals surface area contributed by atoms with Crippen LogP contribution in [-0.4, -0.2) is 15.3 Å². The summed E-state index contributed by atoms with van der Waals surface area (Å²) in [5, 5.41) is 16.9. The summed E-state index contributed by atoms with van der Waals surface area (Å²) in [4.78, 5) is 3.98. The molecule has 0 aliphatic carbocycles. The molecule has 6 heteroatoms. The summed E-state index contributed by atoms with van der Waals surface area (Å²) in [6.07, 6.45) is 1.79. The Balaban J connectivity index is -0.000000150. The molecule has 0 aliphatic heterocycles. The van der Waals surface area contributed by atoms with Gasteiger partial charge >= 0.3 is 19.5 Å². The van der Waals surface area contributed by atoms with E-state index in [1.54, 1.807) is 6.20 Å². The largest absolute Gasteiger partial charge is 2.00 e. The average molecular weight is 275 g/mol. The predicted molar refractivity (Wildman–Crippen MR) is 60.9 cm³/mol. The van der Waals surface area contributed by atoms with Crippen molar-refractivity contribution in [1.82, 2.24) is 4.98 Å². The van der Waals surface area contributed by atoms with Gasteiger partial charge in [-0.2, -0.15) is 10.3 Å². The number of pyridine rings is 1. The van der Waals surface area contributed by atoms with Crippen molar-refractivity contribution in [2.75, 3.05) is 0 Å². The molecule has 0 aromatic carbocycles. The quantitative estimate of drug-likeness (QED) is 0.415. The first kappa shape index (κ1) is 19.0. The number of nitrogens with zero attached hydrogens (tertiary/aromatic N) is 3. The summed E-state index contributed by atoms with van der Waals surface area (Å²) < 4.78 is 0. The van der Waals surface area contributed by atoms with Crippen molar-refractivity contribution in [2.24, 2.45) is 0 Å². The van der Waals surface area contributed by atoms with Crippen molar-refractivity contribution in [3.8, 4) is 0 Å². The molecule has 0 saturated carbocycles. The molecule has 0 fully saturated rings. The predicted octanol–water partition coefficient (Wildman–Crippen LogP) is 2.70. The molecule has 0 aliphatic rings. The minimum Gasteiger partial charge on any atom is -0.753 e. The Morgan fingerprint density at radius 1 is 1.21 bits per heavy atom. The van der Waals surface area contributed by atoms with Gasteiger partial charge in [0.25, 0.3) is 0 Å². The molecule has 0 atom stereocenters. The third-order valence-electron chi connectivity index (χ3n) is 0.813. The molecule has 0 amide bonds. The number of thiocarbonyl (C=S) groups is 2. The van der Waals surface area contributed by atoms with Crippen molar-refractivity contribution in [3.63, 3.8) is 0 Å². The number of isothiocyanates is 2. The van der Waals surface area contributed by atoms with E-state index in [-0.39, 0.29) is 19.5 Å². The van der Waals surface area contributed by atoms with E-state index in [4.69, 9.17) is 10.8 Å². The molecule has 1 heterocycles. The van der Waals surface area contributed by atoms with E-state index >= 15 is 0 Å². The summed E-state index contributed by atoms with van der Waals surface area (Å²) >= 11 is 7.40. The van der Waals surface area contributed by atoms with Crippen LogP contribution in [0.25, 0.3) is 10.8 Å². The Bertz CT molecular complexity index is 266. The molecule has 0 N–H and O–H groups in total. The molecular formula is C8H7N3S2Zn. The van der Waals surface area contributed by atoms with Crippen LogP contribution in [0, 0.1) is 6.92 Å². The molecule has 14 heavy (non-hydrogen) atoms. The molecule has 68 valence electrons. The second-order valence-electron chi connectivity index (χ2n) is 1.65. The van der Waals surface area contributed by atoms with Gasteiger partial charge in [0.15, 0.2) is 0 Å². The number of hydrogen-bond donors (Lipinski definition) is 0. The van der Waals surface area contributed by atoms with E-state index < -0.39 is 0 Å². The van der Waals surface area contributed by atoms with Gasteiger partial charge < -0.3 is 10.8 Å². The second-order valence-corrected chi connectivity index (χ2v) is 2.02. The van der Waals surface area contributed by atoms with Crippen LogP contribution < -0.4 is 0 Å². The number of rotatable bonds is 0. The van der Waals surface area contributed by atoms with Crippen LogP contribution in [0.1, 0.15) is 5.69 Å². The first-order valence-corrected chi connectivity index (χ1v) is 3.94. The van der Waals surface area contributed by atoms with E-state index in [1.165, 1.54) is 10.3 Å². The van der Waals surface area contributed by atoms with Crippen LogP contribution in [0.15, 0.2) is 24.4 Å². The molecule has 0 radical (unpaired) electrons. The smallest absolute Gasteiger partial charge is 0.753 e. The van der Waals surface area contributed by atoms with Crippen LogP contribution in [0.2, 0.25) is 0 Å². The molecule has 1 aromatic rings. The van der Waals surface area contributed by atoms with Gasteiger partial charge in [0.1, 0.15) is 0 Å². The topological polar surface area (TPSA) is 57.5 Å². The Hall–Kier alpha value is -0.627. The van der Waals surface area contributed by atoms with E-state index in [0.29, 0.717) is 0 Å². The van der Waals surface area contributed by atoms with Crippen molar-refractivity contribution < 1.29 is 19.5 Å². The Morgan fingerprint density at radius 3 is 1.79 bits per heavy atom. The molecule has 0 bridgehead atoms. The molecule has 1 aromatic heterocycles. The molecule has 3 nitrogen and oxygen atoms in total. The van der Waals surface area contributed by atoms with Gasteiger partial charge in [0.2, 0.25) is 0 Å². The van der Waals surface area contributed by atoms with Crippen LogP contribution in [0.4, 0.5) is 0 Å². The first-order chi connectivity index (χ1) is 6.22. The van der Waals surface area contributed by atoms with Crippen LogP contribution in [0.3, 0.4) is 0 Å². The zero-order valence-corrected chi connectivity index (χ0v) is 12.3. The minimum atomic E-state index is 0. The van der Waals surface area contributed by atoms with E-state index in [2.05, 4.69) is 29.4 Å². The SMILES string of the molecule is Cc1ccccn1.[N-]=C=S.[N-]=C=S.[Zn+2]. The van der Waals surface area contributed by atoms with Gasteiger partial charge in [-0.1, -0.05) is 30.5 Å². The fourth-order valence-electron chi connectivity index (χ4n) is 0.448. The third-order valence-corrected chi connectivity index (χ3v) is 0.813. The van der Waals surface area contributed by atoms with Crippen LogP contribution in [0.5, 0.6) is 0 Å². The van der Waals surface area contributed by atoms with E-state index in [0.717, 1.165) is 5.69 Å². The minimum absolute atomic E-state index is 0. The monoisotopic (exact) mass is 273 g/mol.